The molecule has 1 aromatic carbocycles. The fourth-order valence-corrected chi connectivity index (χ4v) is 1.77. The van der Waals surface area contributed by atoms with E-state index in [1.54, 1.807) is 6.21 Å². The summed E-state index contributed by atoms with van der Waals surface area (Å²) < 4.78 is 1.02. The largest absolute Gasteiger partial charge is 0.327 e. The van der Waals surface area contributed by atoms with Crippen LogP contribution in [-0.2, 0) is 0 Å². The lowest BCUT2D eigenvalue weighted by atomic mass is 10.2. The number of benzene rings is 1. The Morgan fingerprint density at radius 3 is 3.06 bits per heavy atom. The maximum atomic E-state index is 4.87. The molecule has 7 heteroatoms. The van der Waals surface area contributed by atoms with Crippen molar-refractivity contribution < 1.29 is 0 Å². The van der Waals surface area contributed by atoms with Crippen LogP contribution in [0.2, 0.25) is 0 Å². The van der Waals surface area contributed by atoms with Crippen LogP contribution < -0.4 is 21.6 Å². The van der Waals surface area contributed by atoms with Crippen molar-refractivity contribution in [2.24, 2.45) is 5.10 Å². The molecule has 0 aromatic heterocycles. The third-order valence-electron chi connectivity index (χ3n) is 1.87. The summed E-state index contributed by atoms with van der Waals surface area (Å²) in [7, 11) is 0. The highest BCUT2D eigenvalue weighted by Crippen LogP contribution is 2.09. The van der Waals surface area contributed by atoms with Crippen LogP contribution in [0.4, 0.5) is 0 Å². The van der Waals surface area contributed by atoms with Crippen LogP contribution in [0.1, 0.15) is 5.56 Å². The molecule has 1 atom stereocenters. The average molecular weight is 300 g/mol. The van der Waals surface area contributed by atoms with Crippen LogP contribution in [0.3, 0.4) is 0 Å². The summed E-state index contributed by atoms with van der Waals surface area (Å²) in [5.41, 5.74) is 9.49. The minimum atomic E-state index is -0.184. The summed E-state index contributed by atoms with van der Waals surface area (Å²) in [6.07, 6.45) is 1.55. The molecule has 1 fully saturated rings. The summed E-state index contributed by atoms with van der Waals surface area (Å²) in [4.78, 5) is 0. The minimum absolute atomic E-state index is 0.184. The second kappa shape index (κ2) is 5.24. The van der Waals surface area contributed by atoms with Gasteiger partial charge in [-0.15, -0.1) is 0 Å². The van der Waals surface area contributed by atoms with E-state index in [1.807, 2.05) is 24.3 Å². The first-order valence-corrected chi connectivity index (χ1v) is 5.80. The number of nitrogens with one attached hydrogen (secondary N) is 4. The highest BCUT2D eigenvalue weighted by molar-refractivity contribution is 9.10. The zero-order chi connectivity index (χ0) is 11.4. The van der Waals surface area contributed by atoms with Gasteiger partial charge < -0.3 is 5.32 Å². The summed E-state index contributed by atoms with van der Waals surface area (Å²) in [5, 5.41) is 7.56. The lowest BCUT2D eigenvalue weighted by Crippen LogP contribution is -2.44. The molecular formula is C9H10BrN5S. The second-order valence-corrected chi connectivity index (χ2v) is 4.44. The number of nitrogens with zero attached hydrogens (tertiary/aromatic N) is 1. The molecule has 4 N–H and O–H groups in total. The molecule has 1 aliphatic heterocycles. The van der Waals surface area contributed by atoms with Crippen molar-refractivity contribution in [2.45, 2.75) is 6.29 Å². The third kappa shape index (κ3) is 3.16. The van der Waals surface area contributed by atoms with Crippen LogP contribution in [0.15, 0.2) is 33.8 Å². The van der Waals surface area contributed by atoms with Gasteiger partial charge in [0.1, 0.15) is 0 Å². The minimum Gasteiger partial charge on any atom is -0.327 e. The van der Waals surface area contributed by atoms with Gasteiger partial charge in [0.25, 0.3) is 0 Å². The number of thiocarbonyl (C=S) groups is 1. The Kier molecular flexibility index (Phi) is 3.70. The molecule has 16 heavy (non-hydrogen) atoms. The molecule has 2 rings (SSSR count). The van der Waals surface area contributed by atoms with E-state index in [-0.39, 0.29) is 6.29 Å². The predicted molar refractivity (Wildman–Crippen MR) is 70.7 cm³/mol. The molecule has 5 nitrogen and oxygen atoms in total. The lowest BCUT2D eigenvalue weighted by molar-refractivity contribution is 0.445. The smallest absolute Gasteiger partial charge is 0.186 e. The van der Waals surface area contributed by atoms with Gasteiger partial charge in [-0.2, -0.15) is 10.5 Å². The van der Waals surface area contributed by atoms with Gasteiger partial charge in [0.2, 0.25) is 0 Å². The highest BCUT2D eigenvalue weighted by Gasteiger charge is 2.13. The lowest BCUT2D eigenvalue weighted by Gasteiger charge is -2.07. The Hall–Kier alpha value is -1.18. The normalized spacial score (nSPS) is 19.6. The van der Waals surface area contributed by atoms with Gasteiger partial charge in [-0.1, -0.05) is 28.1 Å². The van der Waals surface area contributed by atoms with Crippen molar-refractivity contribution in [3.8, 4) is 0 Å². The van der Waals surface area contributed by atoms with E-state index in [4.69, 9.17) is 12.2 Å². The number of hydrogen-bond acceptors (Lipinski definition) is 4. The monoisotopic (exact) mass is 299 g/mol. The molecule has 1 unspecified atom stereocenters. The van der Waals surface area contributed by atoms with Crippen LogP contribution in [0.25, 0.3) is 0 Å². The van der Waals surface area contributed by atoms with E-state index < -0.39 is 0 Å². The van der Waals surface area contributed by atoms with E-state index in [9.17, 15) is 0 Å². The van der Waals surface area contributed by atoms with E-state index in [2.05, 4.69) is 42.6 Å². The van der Waals surface area contributed by atoms with Crippen molar-refractivity contribution in [3.05, 3.63) is 34.3 Å². The third-order valence-corrected chi connectivity index (χ3v) is 2.58. The first kappa shape index (κ1) is 11.3. The number of hydrazine groups is 1. The Balaban J connectivity index is 1.87. The fourth-order valence-electron chi connectivity index (χ4n) is 1.18. The highest BCUT2D eigenvalue weighted by atomic mass is 79.9. The number of hydrazone groups is 1. The first-order valence-electron chi connectivity index (χ1n) is 4.60. The van der Waals surface area contributed by atoms with Crippen molar-refractivity contribution in [1.29, 1.82) is 0 Å². The molecule has 0 spiro atoms. The zero-order valence-electron chi connectivity index (χ0n) is 8.20. The van der Waals surface area contributed by atoms with E-state index in [1.165, 1.54) is 0 Å². The van der Waals surface area contributed by atoms with Gasteiger partial charge in [0.15, 0.2) is 11.4 Å². The standard InChI is InChI=1S/C9H10BrN5S/c10-7-3-1-2-6(4-7)5-11-13-8-12-9(16)15-14-8/h1-5,8,13-14H,(H2,12,15,16)/b11-5+. The molecule has 0 saturated carbocycles. The van der Waals surface area contributed by atoms with Gasteiger partial charge in [-0.05, 0) is 29.9 Å². The van der Waals surface area contributed by atoms with Crippen LogP contribution in [0, 0.1) is 0 Å². The van der Waals surface area contributed by atoms with Crippen LogP contribution in [0.5, 0.6) is 0 Å². The SMILES string of the molecule is S=C1NNC(N/N=C/c2cccc(Br)c2)N1. The summed E-state index contributed by atoms with van der Waals surface area (Å²) in [6.45, 7) is 0. The molecule has 84 valence electrons. The zero-order valence-corrected chi connectivity index (χ0v) is 10.6. The van der Waals surface area contributed by atoms with Gasteiger partial charge >= 0.3 is 0 Å². The molecule has 1 saturated heterocycles. The summed E-state index contributed by atoms with van der Waals surface area (Å²) in [5.74, 6) is 0. The Morgan fingerprint density at radius 2 is 2.38 bits per heavy atom. The van der Waals surface area contributed by atoms with Crippen LogP contribution in [-0.4, -0.2) is 17.6 Å². The van der Waals surface area contributed by atoms with Crippen LogP contribution >= 0.6 is 28.1 Å². The van der Waals surface area contributed by atoms with Crippen molar-refractivity contribution in [1.82, 2.24) is 21.6 Å². The average Bonchev–Trinajstić information content (AvgIpc) is 2.64. The topological polar surface area (TPSA) is 60.5 Å². The summed E-state index contributed by atoms with van der Waals surface area (Å²) >= 11 is 8.27. The van der Waals surface area contributed by atoms with E-state index >= 15 is 0 Å². The van der Waals surface area contributed by atoms with Gasteiger partial charge in [-0.25, -0.2) is 0 Å². The fraction of sp³-hybridized carbons (Fsp3) is 0.111. The number of halogens is 1. The molecule has 0 bridgehead atoms. The molecule has 0 radical (unpaired) electrons. The molecule has 0 aliphatic carbocycles. The van der Waals surface area contributed by atoms with Gasteiger partial charge in [0.05, 0.1) is 6.21 Å². The maximum absolute atomic E-state index is 4.87. The predicted octanol–water partition coefficient (Wildman–Crippen LogP) is 0.638. The Bertz CT molecular complexity index is 422. The number of rotatable bonds is 3. The molecule has 1 aliphatic rings. The first-order chi connectivity index (χ1) is 7.74. The van der Waals surface area contributed by atoms with Crippen molar-refractivity contribution >= 4 is 39.5 Å². The molecule has 0 amide bonds. The molecular weight excluding hydrogens is 290 g/mol. The second-order valence-electron chi connectivity index (χ2n) is 3.12. The van der Waals surface area contributed by atoms with Gasteiger partial charge in [0, 0.05) is 4.47 Å². The van der Waals surface area contributed by atoms with Crippen molar-refractivity contribution in [3.63, 3.8) is 0 Å². The molecule has 1 heterocycles. The molecule has 1 aromatic rings. The maximum Gasteiger partial charge on any atom is 0.186 e. The summed E-state index contributed by atoms with van der Waals surface area (Å²) in [6, 6.07) is 7.86. The number of hydrogen-bond donors (Lipinski definition) is 4. The van der Waals surface area contributed by atoms with E-state index in [0.717, 1.165) is 10.0 Å². The van der Waals surface area contributed by atoms with Gasteiger partial charge in [-0.3, -0.25) is 10.9 Å². The van der Waals surface area contributed by atoms with Crippen molar-refractivity contribution in [2.75, 3.05) is 0 Å². The Morgan fingerprint density at radius 1 is 1.50 bits per heavy atom. The Labute approximate surface area is 107 Å². The quantitative estimate of drug-likeness (QED) is 0.375. The van der Waals surface area contributed by atoms with E-state index in [0.29, 0.717) is 5.11 Å².